The summed E-state index contributed by atoms with van der Waals surface area (Å²) in [5.74, 6) is 1.22. The maximum absolute atomic E-state index is 5.29. The molecular weight excluding hydrogens is 194 g/mol. The van der Waals surface area contributed by atoms with E-state index in [9.17, 15) is 0 Å². The van der Waals surface area contributed by atoms with Gasteiger partial charge < -0.3 is 14.6 Å². The molecule has 1 N–H and O–H groups in total. The van der Waals surface area contributed by atoms with Gasteiger partial charge in [0.15, 0.2) is 5.82 Å². The fraction of sp³-hybridized carbons (Fsp3) is 0.800. The minimum absolute atomic E-state index is 0.402. The number of hydrogen-bond donors (Lipinski definition) is 1. The summed E-state index contributed by atoms with van der Waals surface area (Å²) < 4.78 is 10.4. The molecule has 1 fully saturated rings. The van der Waals surface area contributed by atoms with Crippen molar-refractivity contribution < 1.29 is 9.26 Å². The summed E-state index contributed by atoms with van der Waals surface area (Å²) in [5.41, 5.74) is 0. The molecule has 0 amide bonds. The first-order chi connectivity index (χ1) is 7.40. The molecule has 5 nitrogen and oxygen atoms in total. The largest absolute Gasteiger partial charge is 0.381 e. The molecule has 0 aliphatic carbocycles. The Labute approximate surface area is 89.2 Å². The van der Waals surface area contributed by atoms with Gasteiger partial charge in [-0.25, -0.2) is 0 Å². The van der Waals surface area contributed by atoms with Crippen molar-refractivity contribution >= 4 is 6.01 Å². The molecule has 84 valence electrons. The molecule has 1 aromatic rings. The third-order valence-corrected chi connectivity index (χ3v) is 2.55. The lowest BCUT2D eigenvalue weighted by molar-refractivity contribution is 0.0830. The summed E-state index contributed by atoms with van der Waals surface area (Å²) in [5, 5.41) is 7.07. The van der Waals surface area contributed by atoms with Crippen molar-refractivity contribution in [2.24, 2.45) is 0 Å². The molecule has 0 spiro atoms. The molecule has 0 saturated carbocycles. The zero-order chi connectivity index (χ0) is 10.5. The molecular formula is C10H17N3O2. The fourth-order valence-corrected chi connectivity index (χ4v) is 1.66. The Hall–Kier alpha value is -1.10. The lowest BCUT2D eigenvalue weighted by Crippen LogP contribution is -2.15. The smallest absolute Gasteiger partial charge is 0.321 e. The lowest BCUT2D eigenvalue weighted by Gasteiger charge is -2.18. The fourth-order valence-electron chi connectivity index (χ4n) is 1.66. The van der Waals surface area contributed by atoms with E-state index in [4.69, 9.17) is 9.26 Å². The molecule has 1 aliphatic heterocycles. The summed E-state index contributed by atoms with van der Waals surface area (Å²) in [7, 11) is 0. The van der Waals surface area contributed by atoms with Gasteiger partial charge >= 0.3 is 6.01 Å². The van der Waals surface area contributed by atoms with Gasteiger partial charge in [-0.15, -0.1) is 0 Å². The number of nitrogens with zero attached hydrogens (tertiary/aromatic N) is 2. The third kappa shape index (κ3) is 2.68. The highest BCUT2D eigenvalue weighted by Gasteiger charge is 2.21. The highest BCUT2D eigenvalue weighted by Crippen LogP contribution is 2.24. The molecule has 0 bridgehead atoms. The van der Waals surface area contributed by atoms with E-state index in [-0.39, 0.29) is 0 Å². The van der Waals surface area contributed by atoms with Gasteiger partial charge in [0.2, 0.25) is 0 Å². The van der Waals surface area contributed by atoms with Crippen LogP contribution in [0.15, 0.2) is 4.52 Å². The summed E-state index contributed by atoms with van der Waals surface area (Å²) in [6.45, 7) is 4.58. The minimum atomic E-state index is 0.402. The van der Waals surface area contributed by atoms with Crippen LogP contribution >= 0.6 is 0 Å². The first kappa shape index (κ1) is 10.4. The predicted octanol–water partition coefficient (Wildman–Crippen LogP) is 1.79. The van der Waals surface area contributed by atoms with Crippen LogP contribution in [-0.2, 0) is 4.74 Å². The summed E-state index contributed by atoms with van der Waals surface area (Å²) >= 11 is 0. The number of nitrogens with one attached hydrogen (secondary N) is 1. The van der Waals surface area contributed by atoms with Crippen LogP contribution in [-0.4, -0.2) is 29.9 Å². The molecule has 0 atom stereocenters. The van der Waals surface area contributed by atoms with Gasteiger partial charge in [0.05, 0.1) is 0 Å². The van der Waals surface area contributed by atoms with Crippen LogP contribution < -0.4 is 5.32 Å². The Bertz CT molecular complexity index is 295. The first-order valence-electron chi connectivity index (χ1n) is 5.55. The monoisotopic (exact) mass is 211 g/mol. The second kappa shape index (κ2) is 5.11. The van der Waals surface area contributed by atoms with Gasteiger partial charge in [-0.05, 0) is 19.3 Å². The molecule has 1 saturated heterocycles. The van der Waals surface area contributed by atoms with E-state index in [1.165, 1.54) is 0 Å². The molecule has 2 rings (SSSR count). The van der Waals surface area contributed by atoms with E-state index >= 15 is 0 Å². The van der Waals surface area contributed by atoms with Crippen molar-refractivity contribution in [2.45, 2.75) is 32.1 Å². The van der Waals surface area contributed by atoms with Crippen LogP contribution in [0.4, 0.5) is 6.01 Å². The van der Waals surface area contributed by atoms with Crippen LogP contribution in [0.5, 0.6) is 0 Å². The highest BCUT2D eigenvalue weighted by atomic mass is 16.5. The van der Waals surface area contributed by atoms with Crippen molar-refractivity contribution in [3.63, 3.8) is 0 Å². The van der Waals surface area contributed by atoms with E-state index in [0.29, 0.717) is 11.9 Å². The van der Waals surface area contributed by atoms with Gasteiger partial charge in [0.1, 0.15) is 0 Å². The maximum atomic E-state index is 5.29. The van der Waals surface area contributed by atoms with Gasteiger partial charge in [-0.3, -0.25) is 0 Å². The van der Waals surface area contributed by atoms with Crippen molar-refractivity contribution in [1.29, 1.82) is 0 Å². The molecule has 0 radical (unpaired) electrons. The second-order valence-electron chi connectivity index (χ2n) is 3.77. The van der Waals surface area contributed by atoms with E-state index in [1.54, 1.807) is 0 Å². The van der Waals surface area contributed by atoms with Crippen molar-refractivity contribution in [2.75, 3.05) is 25.1 Å². The van der Waals surface area contributed by atoms with Crippen molar-refractivity contribution in [3.8, 4) is 0 Å². The quantitative estimate of drug-likeness (QED) is 0.822. The lowest BCUT2D eigenvalue weighted by atomic mass is 10.00. The molecule has 5 heteroatoms. The van der Waals surface area contributed by atoms with E-state index in [0.717, 1.165) is 44.8 Å². The van der Waals surface area contributed by atoms with Crippen molar-refractivity contribution in [1.82, 2.24) is 10.1 Å². The first-order valence-corrected chi connectivity index (χ1v) is 5.55. The molecule has 1 aromatic heterocycles. The standard InChI is InChI=1S/C10H17N3O2/c1-2-5-11-10-12-9(13-15-10)8-3-6-14-7-4-8/h8H,2-7H2,1H3,(H,11,12,13). The Morgan fingerprint density at radius 3 is 2.93 bits per heavy atom. The zero-order valence-corrected chi connectivity index (χ0v) is 9.03. The van der Waals surface area contributed by atoms with Gasteiger partial charge in [0.25, 0.3) is 0 Å². The Morgan fingerprint density at radius 2 is 2.20 bits per heavy atom. The molecule has 0 unspecified atom stereocenters. The van der Waals surface area contributed by atoms with Crippen molar-refractivity contribution in [3.05, 3.63) is 5.82 Å². The van der Waals surface area contributed by atoms with E-state index in [2.05, 4.69) is 22.4 Å². The second-order valence-corrected chi connectivity index (χ2v) is 3.77. The van der Waals surface area contributed by atoms with E-state index < -0.39 is 0 Å². The van der Waals surface area contributed by atoms with Gasteiger partial charge in [-0.1, -0.05) is 12.1 Å². The van der Waals surface area contributed by atoms with Crippen LogP contribution in [0.2, 0.25) is 0 Å². The number of hydrogen-bond acceptors (Lipinski definition) is 5. The maximum Gasteiger partial charge on any atom is 0.321 e. The predicted molar refractivity (Wildman–Crippen MR) is 55.9 cm³/mol. The SMILES string of the molecule is CCCNc1nc(C2CCOCC2)no1. The number of rotatable bonds is 4. The summed E-state index contributed by atoms with van der Waals surface area (Å²) in [6.07, 6.45) is 3.04. The summed E-state index contributed by atoms with van der Waals surface area (Å²) in [6, 6.07) is 0.540. The normalized spacial score (nSPS) is 17.9. The van der Waals surface area contributed by atoms with Gasteiger partial charge in [0, 0.05) is 25.7 Å². The number of ether oxygens (including phenoxy) is 1. The van der Waals surface area contributed by atoms with Gasteiger partial charge in [-0.2, -0.15) is 4.98 Å². The Balaban J connectivity index is 1.93. The molecule has 0 aromatic carbocycles. The average Bonchev–Trinajstić information content (AvgIpc) is 2.76. The molecule has 1 aliphatic rings. The minimum Gasteiger partial charge on any atom is -0.381 e. The number of anilines is 1. The van der Waals surface area contributed by atoms with E-state index in [1.807, 2.05) is 0 Å². The molecule has 2 heterocycles. The zero-order valence-electron chi connectivity index (χ0n) is 9.03. The van der Waals surface area contributed by atoms with Crippen LogP contribution in [0.25, 0.3) is 0 Å². The Morgan fingerprint density at radius 1 is 1.40 bits per heavy atom. The van der Waals surface area contributed by atoms with Crippen LogP contribution in [0.1, 0.15) is 37.9 Å². The number of aromatic nitrogens is 2. The summed E-state index contributed by atoms with van der Waals surface area (Å²) in [4.78, 5) is 4.33. The topological polar surface area (TPSA) is 60.2 Å². The average molecular weight is 211 g/mol. The van der Waals surface area contributed by atoms with Crippen LogP contribution in [0.3, 0.4) is 0 Å². The van der Waals surface area contributed by atoms with Crippen LogP contribution in [0, 0.1) is 0 Å². The molecule has 15 heavy (non-hydrogen) atoms. The Kier molecular flexibility index (Phi) is 3.55. The third-order valence-electron chi connectivity index (χ3n) is 2.55. The highest BCUT2D eigenvalue weighted by molar-refractivity contribution is 5.18.